The van der Waals surface area contributed by atoms with Crippen LogP contribution < -0.4 is 16.2 Å². The number of anilines is 1. The SMILES string of the molecule is CCc1ccc(C(=O)NNC(=O)c2cccc(NC(=O)C(C)(C)C)c2)cc1. The highest BCUT2D eigenvalue weighted by Crippen LogP contribution is 2.18. The zero-order chi connectivity index (χ0) is 20.0. The third kappa shape index (κ3) is 5.67. The van der Waals surface area contributed by atoms with Gasteiger partial charge in [-0.05, 0) is 42.3 Å². The topological polar surface area (TPSA) is 87.3 Å². The summed E-state index contributed by atoms with van der Waals surface area (Å²) in [4.78, 5) is 36.5. The number of rotatable bonds is 4. The van der Waals surface area contributed by atoms with Crippen molar-refractivity contribution in [3.8, 4) is 0 Å². The van der Waals surface area contributed by atoms with E-state index in [1.807, 2.05) is 39.8 Å². The molecule has 6 heteroatoms. The Morgan fingerprint density at radius 2 is 1.44 bits per heavy atom. The molecular weight excluding hydrogens is 342 g/mol. The molecule has 2 aromatic rings. The number of hydrazine groups is 1. The number of amides is 3. The molecule has 27 heavy (non-hydrogen) atoms. The predicted molar refractivity (Wildman–Crippen MR) is 105 cm³/mol. The normalized spacial score (nSPS) is 10.8. The van der Waals surface area contributed by atoms with E-state index in [9.17, 15) is 14.4 Å². The van der Waals surface area contributed by atoms with E-state index in [2.05, 4.69) is 16.2 Å². The third-order valence-corrected chi connectivity index (χ3v) is 3.98. The van der Waals surface area contributed by atoms with Gasteiger partial charge in [-0.25, -0.2) is 0 Å². The van der Waals surface area contributed by atoms with E-state index >= 15 is 0 Å². The van der Waals surface area contributed by atoms with Crippen LogP contribution in [-0.2, 0) is 11.2 Å². The van der Waals surface area contributed by atoms with Crippen molar-refractivity contribution in [1.82, 2.24) is 10.9 Å². The van der Waals surface area contributed by atoms with Crippen LogP contribution in [0.15, 0.2) is 48.5 Å². The summed E-state index contributed by atoms with van der Waals surface area (Å²) >= 11 is 0. The maximum atomic E-state index is 12.3. The summed E-state index contributed by atoms with van der Waals surface area (Å²) in [6.45, 7) is 7.46. The molecule has 2 rings (SSSR count). The lowest BCUT2D eigenvalue weighted by Crippen LogP contribution is -2.41. The Balaban J connectivity index is 1.98. The second-order valence-electron chi connectivity index (χ2n) is 7.24. The summed E-state index contributed by atoms with van der Waals surface area (Å²) in [5.74, 6) is -1.02. The summed E-state index contributed by atoms with van der Waals surface area (Å²) in [6.07, 6.45) is 0.890. The van der Waals surface area contributed by atoms with Crippen LogP contribution in [0.2, 0.25) is 0 Å². The van der Waals surface area contributed by atoms with Gasteiger partial charge in [0.25, 0.3) is 11.8 Å². The monoisotopic (exact) mass is 367 g/mol. The molecule has 0 aliphatic rings. The Kier molecular flexibility index (Phi) is 6.34. The molecule has 0 aromatic heterocycles. The fourth-order valence-corrected chi connectivity index (χ4v) is 2.21. The first kappa shape index (κ1) is 20.2. The second kappa shape index (κ2) is 8.49. The Morgan fingerprint density at radius 3 is 2.00 bits per heavy atom. The number of aryl methyl sites for hydroxylation is 1. The van der Waals surface area contributed by atoms with Crippen LogP contribution in [-0.4, -0.2) is 17.7 Å². The lowest BCUT2D eigenvalue weighted by Gasteiger charge is -2.18. The van der Waals surface area contributed by atoms with Crippen molar-refractivity contribution in [2.75, 3.05) is 5.32 Å². The summed E-state index contributed by atoms with van der Waals surface area (Å²) < 4.78 is 0. The van der Waals surface area contributed by atoms with E-state index < -0.39 is 17.2 Å². The fourth-order valence-electron chi connectivity index (χ4n) is 2.21. The largest absolute Gasteiger partial charge is 0.326 e. The Bertz CT molecular complexity index is 836. The van der Waals surface area contributed by atoms with Crippen molar-refractivity contribution in [3.63, 3.8) is 0 Å². The average Bonchev–Trinajstić information content (AvgIpc) is 2.65. The molecule has 0 saturated carbocycles. The first-order chi connectivity index (χ1) is 12.7. The molecule has 0 radical (unpaired) electrons. The maximum absolute atomic E-state index is 12.3. The quantitative estimate of drug-likeness (QED) is 0.725. The van der Waals surface area contributed by atoms with E-state index in [1.54, 1.807) is 36.4 Å². The van der Waals surface area contributed by atoms with Gasteiger partial charge in [-0.15, -0.1) is 0 Å². The molecule has 3 N–H and O–H groups in total. The lowest BCUT2D eigenvalue weighted by atomic mass is 9.95. The molecule has 0 bridgehead atoms. The van der Waals surface area contributed by atoms with E-state index in [0.717, 1.165) is 12.0 Å². The molecule has 142 valence electrons. The number of hydrogen-bond acceptors (Lipinski definition) is 3. The van der Waals surface area contributed by atoms with Gasteiger partial charge in [0.1, 0.15) is 0 Å². The summed E-state index contributed by atoms with van der Waals surface area (Å²) in [7, 11) is 0. The Labute approximate surface area is 159 Å². The van der Waals surface area contributed by atoms with Gasteiger partial charge in [-0.2, -0.15) is 0 Å². The minimum absolute atomic E-state index is 0.149. The van der Waals surface area contributed by atoms with Gasteiger partial charge < -0.3 is 5.32 Å². The number of hydrogen-bond donors (Lipinski definition) is 3. The number of nitrogens with one attached hydrogen (secondary N) is 3. The molecule has 6 nitrogen and oxygen atoms in total. The minimum atomic E-state index is -0.542. The van der Waals surface area contributed by atoms with Crippen LogP contribution in [0, 0.1) is 5.41 Å². The first-order valence-electron chi connectivity index (χ1n) is 8.82. The smallest absolute Gasteiger partial charge is 0.269 e. The van der Waals surface area contributed by atoms with Crippen molar-refractivity contribution in [2.45, 2.75) is 34.1 Å². The second-order valence-corrected chi connectivity index (χ2v) is 7.24. The van der Waals surface area contributed by atoms with E-state index in [1.165, 1.54) is 0 Å². The summed E-state index contributed by atoms with van der Waals surface area (Å²) in [6, 6.07) is 13.7. The maximum Gasteiger partial charge on any atom is 0.269 e. The van der Waals surface area contributed by atoms with Gasteiger partial charge in [0.15, 0.2) is 0 Å². The molecule has 0 fully saturated rings. The number of benzene rings is 2. The van der Waals surface area contributed by atoms with Crippen LogP contribution in [0.5, 0.6) is 0 Å². The molecule has 0 saturated heterocycles. The third-order valence-electron chi connectivity index (χ3n) is 3.98. The molecule has 3 amide bonds. The van der Waals surface area contributed by atoms with Crippen LogP contribution in [0.1, 0.15) is 54.0 Å². The standard InChI is InChI=1S/C21H25N3O3/c1-5-14-9-11-15(12-10-14)18(25)23-24-19(26)16-7-6-8-17(13-16)22-20(27)21(2,3)4/h6-13H,5H2,1-4H3,(H,22,27)(H,23,25)(H,24,26). The molecule has 2 aromatic carbocycles. The van der Waals surface area contributed by atoms with Crippen LogP contribution in [0.3, 0.4) is 0 Å². The van der Waals surface area contributed by atoms with Crippen molar-refractivity contribution < 1.29 is 14.4 Å². The number of carbonyl (C=O) groups excluding carboxylic acids is 3. The molecular formula is C21H25N3O3. The molecule has 0 heterocycles. The molecule has 0 spiro atoms. The molecule has 0 unspecified atom stereocenters. The highest BCUT2D eigenvalue weighted by molar-refractivity contribution is 6.00. The molecule has 0 atom stereocenters. The highest BCUT2D eigenvalue weighted by Gasteiger charge is 2.21. The Hall–Kier alpha value is -3.15. The zero-order valence-electron chi connectivity index (χ0n) is 16.1. The van der Waals surface area contributed by atoms with Gasteiger partial charge >= 0.3 is 0 Å². The highest BCUT2D eigenvalue weighted by atomic mass is 16.2. The van der Waals surface area contributed by atoms with Gasteiger partial charge in [0, 0.05) is 22.2 Å². The van der Waals surface area contributed by atoms with Gasteiger partial charge in [0.05, 0.1) is 0 Å². The average molecular weight is 367 g/mol. The number of carbonyl (C=O) groups is 3. The van der Waals surface area contributed by atoms with Crippen LogP contribution >= 0.6 is 0 Å². The van der Waals surface area contributed by atoms with Crippen molar-refractivity contribution in [2.24, 2.45) is 5.41 Å². The molecule has 0 aliphatic heterocycles. The van der Waals surface area contributed by atoms with Gasteiger partial charge in [0.2, 0.25) is 5.91 Å². The van der Waals surface area contributed by atoms with Crippen molar-refractivity contribution in [1.29, 1.82) is 0 Å². The fraction of sp³-hybridized carbons (Fsp3) is 0.286. The summed E-state index contributed by atoms with van der Waals surface area (Å²) in [5, 5.41) is 2.77. The van der Waals surface area contributed by atoms with Gasteiger partial charge in [-0.3, -0.25) is 25.2 Å². The van der Waals surface area contributed by atoms with Crippen molar-refractivity contribution in [3.05, 3.63) is 65.2 Å². The lowest BCUT2D eigenvalue weighted by molar-refractivity contribution is -0.123. The van der Waals surface area contributed by atoms with Gasteiger partial charge in [-0.1, -0.05) is 45.9 Å². The van der Waals surface area contributed by atoms with Crippen LogP contribution in [0.25, 0.3) is 0 Å². The molecule has 0 aliphatic carbocycles. The minimum Gasteiger partial charge on any atom is -0.326 e. The van der Waals surface area contributed by atoms with E-state index in [-0.39, 0.29) is 5.91 Å². The van der Waals surface area contributed by atoms with E-state index in [0.29, 0.717) is 16.8 Å². The summed E-state index contributed by atoms with van der Waals surface area (Å²) in [5.41, 5.74) is 6.66. The zero-order valence-corrected chi connectivity index (χ0v) is 16.1. The van der Waals surface area contributed by atoms with Crippen molar-refractivity contribution >= 4 is 23.4 Å². The first-order valence-corrected chi connectivity index (χ1v) is 8.82. The predicted octanol–water partition coefficient (Wildman–Crippen LogP) is 3.31. The van der Waals surface area contributed by atoms with E-state index in [4.69, 9.17) is 0 Å². The Morgan fingerprint density at radius 1 is 0.852 bits per heavy atom. The van der Waals surface area contributed by atoms with Crippen LogP contribution in [0.4, 0.5) is 5.69 Å².